The van der Waals surface area contributed by atoms with E-state index >= 15 is 0 Å². The second kappa shape index (κ2) is 8.49. The fraction of sp³-hybridized carbons (Fsp3) is 0.478. The van der Waals surface area contributed by atoms with Gasteiger partial charge >= 0.3 is 0 Å². The van der Waals surface area contributed by atoms with Crippen molar-refractivity contribution < 1.29 is 5.11 Å². The number of β-amino-alcohol motifs (C(OH)–C–C–N with tert-alkyl or cyclic N) is 1. The highest BCUT2D eigenvalue weighted by atomic mass is 32.1. The number of aromatic nitrogens is 2. The van der Waals surface area contributed by atoms with E-state index in [0.29, 0.717) is 6.54 Å². The lowest BCUT2D eigenvalue weighted by atomic mass is 10.1. The Balaban J connectivity index is 1.27. The molecule has 2 saturated heterocycles. The van der Waals surface area contributed by atoms with Gasteiger partial charge in [0.1, 0.15) is 0 Å². The van der Waals surface area contributed by atoms with Crippen LogP contribution in [0.2, 0.25) is 0 Å². The Morgan fingerprint density at radius 3 is 2.90 bits per heavy atom. The molecule has 2 fully saturated rings. The van der Waals surface area contributed by atoms with Gasteiger partial charge in [-0.15, -0.1) is 11.3 Å². The number of pyridine rings is 1. The summed E-state index contributed by atoms with van der Waals surface area (Å²) in [4.78, 5) is 16.8. The molecular formula is C23H29N5OS. The lowest BCUT2D eigenvalue weighted by Gasteiger charge is -2.26. The van der Waals surface area contributed by atoms with E-state index in [9.17, 15) is 5.11 Å². The van der Waals surface area contributed by atoms with E-state index in [4.69, 9.17) is 9.97 Å². The molecule has 0 spiro atoms. The molecule has 0 bridgehead atoms. The van der Waals surface area contributed by atoms with Crippen LogP contribution >= 0.6 is 11.3 Å². The minimum Gasteiger partial charge on any atom is -0.391 e. The zero-order valence-electron chi connectivity index (χ0n) is 17.5. The third-order valence-electron chi connectivity index (χ3n) is 6.21. The van der Waals surface area contributed by atoms with Gasteiger partial charge in [0.25, 0.3) is 0 Å². The Kier molecular flexibility index (Phi) is 5.58. The summed E-state index contributed by atoms with van der Waals surface area (Å²) >= 11 is 1.70. The Labute approximate surface area is 181 Å². The summed E-state index contributed by atoms with van der Waals surface area (Å²) in [6, 6.07) is 8.55. The van der Waals surface area contributed by atoms with Gasteiger partial charge in [-0.25, -0.2) is 4.98 Å². The quantitative estimate of drug-likeness (QED) is 0.695. The molecule has 0 saturated carbocycles. The summed E-state index contributed by atoms with van der Waals surface area (Å²) in [5.74, 6) is 0. The van der Waals surface area contributed by atoms with Crippen molar-refractivity contribution in [2.24, 2.45) is 0 Å². The number of aliphatic hydroxyl groups excluding tert-OH is 1. The van der Waals surface area contributed by atoms with Crippen molar-refractivity contribution in [3.63, 3.8) is 0 Å². The summed E-state index contributed by atoms with van der Waals surface area (Å²) in [6.07, 6.45) is 3.67. The van der Waals surface area contributed by atoms with Crippen LogP contribution in [-0.4, -0.2) is 65.3 Å². The number of rotatable bonds is 4. The maximum Gasteiger partial charge on any atom is 0.185 e. The molecule has 1 N–H and O–H groups in total. The molecular weight excluding hydrogens is 394 g/mol. The van der Waals surface area contributed by atoms with E-state index in [1.165, 1.54) is 16.6 Å². The van der Waals surface area contributed by atoms with Gasteiger partial charge in [0.05, 0.1) is 23.0 Å². The highest BCUT2D eigenvalue weighted by molar-refractivity contribution is 7.13. The first-order valence-corrected chi connectivity index (χ1v) is 11.7. The summed E-state index contributed by atoms with van der Waals surface area (Å²) < 4.78 is 0. The Hall–Kier alpha value is -2.22. The van der Waals surface area contributed by atoms with Crippen molar-refractivity contribution in [3.8, 4) is 0 Å². The number of benzene rings is 1. The van der Waals surface area contributed by atoms with Crippen molar-refractivity contribution in [2.75, 3.05) is 49.1 Å². The van der Waals surface area contributed by atoms with E-state index in [-0.39, 0.29) is 6.10 Å². The molecule has 30 heavy (non-hydrogen) atoms. The third-order valence-corrected chi connectivity index (χ3v) is 7.16. The molecule has 1 atom stereocenters. The lowest BCUT2D eigenvalue weighted by Crippen LogP contribution is -2.31. The fourth-order valence-corrected chi connectivity index (χ4v) is 5.49. The van der Waals surface area contributed by atoms with Crippen LogP contribution in [0.5, 0.6) is 0 Å². The van der Waals surface area contributed by atoms with Gasteiger partial charge in [-0.05, 0) is 31.4 Å². The van der Waals surface area contributed by atoms with Gasteiger partial charge in [-0.2, -0.15) is 0 Å². The van der Waals surface area contributed by atoms with Crippen LogP contribution in [-0.2, 0) is 6.54 Å². The molecule has 2 aromatic heterocycles. The predicted molar refractivity (Wildman–Crippen MR) is 124 cm³/mol. The zero-order valence-corrected chi connectivity index (χ0v) is 18.3. The minimum atomic E-state index is -0.207. The molecule has 1 aromatic carbocycles. The number of hydrogen-bond donors (Lipinski definition) is 1. The Morgan fingerprint density at radius 1 is 1.10 bits per heavy atom. The number of fused-ring (bicyclic) bond motifs is 1. The van der Waals surface area contributed by atoms with Crippen LogP contribution in [0.3, 0.4) is 0 Å². The Morgan fingerprint density at radius 2 is 2.03 bits per heavy atom. The molecule has 158 valence electrons. The van der Waals surface area contributed by atoms with E-state index in [1.807, 2.05) is 12.3 Å². The van der Waals surface area contributed by atoms with Crippen molar-refractivity contribution >= 4 is 33.1 Å². The molecule has 0 aliphatic carbocycles. The number of anilines is 2. The molecule has 5 rings (SSSR count). The summed E-state index contributed by atoms with van der Waals surface area (Å²) in [5, 5.41) is 14.2. The minimum absolute atomic E-state index is 0.207. The maximum atomic E-state index is 9.78. The second-order valence-electron chi connectivity index (χ2n) is 8.43. The normalized spacial score (nSPS) is 20.8. The summed E-state index contributed by atoms with van der Waals surface area (Å²) in [6.45, 7) is 8.88. The first kappa shape index (κ1) is 19.7. The Bertz CT molecular complexity index is 1020. The lowest BCUT2D eigenvalue weighted by molar-refractivity contribution is 0.198. The molecule has 0 amide bonds. The maximum absolute atomic E-state index is 9.78. The zero-order chi connectivity index (χ0) is 20.5. The van der Waals surface area contributed by atoms with Crippen LogP contribution in [0.1, 0.15) is 24.1 Å². The topological polar surface area (TPSA) is 55.7 Å². The average molecular weight is 424 g/mol. The van der Waals surface area contributed by atoms with Crippen molar-refractivity contribution in [2.45, 2.75) is 32.4 Å². The second-order valence-corrected chi connectivity index (χ2v) is 9.27. The van der Waals surface area contributed by atoms with E-state index < -0.39 is 0 Å². The molecule has 7 heteroatoms. The monoisotopic (exact) mass is 423 g/mol. The molecule has 0 radical (unpaired) electrons. The number of nitrogens with zero attached hydrogens (tertiary/aromatic N) is 5. The van der Waals surface area contributed by atoms with Crippen molar-refractivity contribution in [3.05, 3.63) is 47.1 Å². The van der Waals surface area contributed by atoms with E-state index in [1.54, 1.807) is 11.3 Å². The fourth-order valence-electron chi connectivity index (χ4n) is 4.64. The standard InChI is InChI=1S/C23H29N5OS/c1-17-5-6-18-4-2-8-24-21(18)22(17)27-10-3-9-26(12-13-27)14-19-16-30-23(25-19)28-11-7-20(29)15-28/h2,4-6,8,16,20,29H,3,7,9-15H2,1H3/t20-/m1/s1. The van der Waals surface area contributed by atoms with Crippen molar-refractivity contribution in [1.29, 1.82) is 0 Å². The molecule has 6 nitrogen and oxygen atoms in total. The molecule has 3 aromatic rings. The summed E-state index contributed by atoms with van der Waals surface area (Å²) in [5.41, 5.74) is 4.85. The van der Waals surface area contributed by atoms with Gasteiger partial charge in [0.15, 0.2) is 5.13 Å². The summed E-state index contributed by atoms with van der Waals surface area (Å²) in [7, 11) is 0. The van der Waals surface area contributed by atoms with Crippen LogP contribution in [0.4, 0.5) is 10.8 Å². The first-order chi connectivity index (χ1) is 14.7. The van der Waals surface area contributed by atoms with Crippen LogP contribution in [0, 0.1) is 6.92 Å². The van der Waals surface area contributed by atoms with E-state index in [2.05, 4.69) is 45.2 Å². The first-order valence-electron chi connectivity index (χ1n) is 10.9. The van der Waals surface area contributed by atoms with E-state index in [0.717, 1.165) is 68.5 Å². The molecule has 0 unspecified atom stereocenters. The molecule has 2 aliphatic heterocycles. The van der Waals surface area contributed by atoms with Crippen LogP contribution in [0.25, 0.3) is 10.9 Å². The number of thiazole rings is 1. The van der Waals surface area contributed by atoms with Crippen LogP contribution < -0.4 is 9.80 Å². The van der Waals surface area contributed by atoms with Gasteiger partial charge in [0, 0.05) is 62.8 Å². The van der Waals surface area contributed by atoms with Crippen molar-refractivity contribution in [1.82, 2.24) is 14.9 Å². The average Bonchev–Trinajstić information content (AvgIpc) is 3.33. The SMILES string of the molecule is Cc1ccc2cccnc2c1N1CCCN(Cc2csc(N3CC[C@@H](O)C3)n2)CC1. The number of aliphatic hydroxyl groups is 1. The van der Waals surface area contributed by atoms with Gasteiger partial charge in [0.2, 0.25) is 0 Å². The van der Waals surface area contributed by atoms with Gasteiger partial charge < -0.3 is 14.9 Å². The van der Waals surface area contributed by atoms with Crippen LogP contribution in [0.15, 0.2) is 35.8 Å². The highest BCUT2D eigenvalue weighted by Crippen LogP contribution is 2.30. The molecule has 4 heterocycles. The third kappa shape index (κ3) is 4.02. The largest absolute Gasteiger partial charge is 0.391 e. The highest BCUT2D eigenvalue weighted by Gasteiger charge is 2.24. The smallest absolute Gasteiger partial charge is 0.185 e. The molecule has 2 aliphatic rings. The van der Waals surface area contributed by atoms with Gasteiger partial charge in [-0.3, -0.25) is 9.88 Å². The predicted octanol–water partition coefficient (Wildman–Crippen LogP) is 3.28. The van der Waals surface area contributed by atoms with Gasteiger partial charge in [-0.1, -0.05) is 18.2 Å². The number of hydrogen-bond acceptors (Lipinski definition) is 7. The number of aryl methyl sites for hydroxylation is 1.